The monoisotopic (exact) mass is 488 g/mol. The first kappa shape index (κ1) is 24.7. The second-order valence-corrected chi connectivity index (χ2v) is 9.13. The summed E-state index contributed by atoms with van der Waals surface area (Å²) < 4.78 is 49.5. The highest BCUT2D eigenvalue weighted by molar-refractivity contribution is 5.85. The topological polar surface area (TPSA) is 80.5 Å². The molecule has 1 aliphatic rings. The minimum Gasteiger partial charge on any atom is -0.489 e. The van der Waals surface area contributed by atoms with Gasteiger partial charge in [0.15, 0.2) is 0 Å². The SMILES string of the molecule is C[C@H](NC(=O)C(C)(C)N1CCC(Oc2cccc(C(F)(F)F)c2)C1)c1ccc(-c2ncon2)cc1. The first-order chi connectivity index (χ1) is 16.5. The molecule has 1 unspecified atom stereocenters. The van der Waals surface area contributed by atoms with Crippen molar-refractivity contribution in [3.63, 3.8) is 0 Å². The number of nitrogens with one attached hydrogen (secondary N) is 1. The van der Waals surface area contributed by atoms with Crippen LogP contribution in [-0.2, 0) is 11.0 Å². The van der Waals surface area contributed by atoms with E-state index in [1.165, 1.54) is 18.5 Å². The van der Waals surface area contributed by atoms with Crippen LogP contribution in [-0.4, -0.2) is 45.7 Å². The van der Waals surface area contributed by atoms with E-state index in [4.69, 9.17) is 9.26 Å². The second kappa shape index (κ2) is 9.69. The number of likely N-dealkylation sites (tertiary alicyclic amines) is 1. The van der Waals surface area contributed by atoms with Crippen molar-refractivity contribution in [2.24, 2.45) is 0 Å². The Bertz CT molecular complexity index is 1150. The molecule has 0 spiro atoms. The van der Waals surface area contributed by atoms with Crippen molar-refractivity contribution in [1.29, 1.82) is 0 Å². The van der Waals surface area contributed by atoms with Crippen LogP contribution in [0.2, 0.25) is 0 Å². The first-order valence-corrected chi connectivity index (χ1v) is 11.3. The maximum absolute atomic E-state index is 13.2. The van der Waals surface area contributed by atoms with Crippen molar-refractivity contribution in [3.8, 4) is 17.1 Å². The second-order valence-electron chi connectivity index (χ2n) is 9.13. The normalized spacial score (nSPS) is 17.8. The Hall–Kier alpha value is -3.40. The van der Waals surface area contributed by atoms with E-state index >= 15 is 0 Å². The molecule has 1 N–H and O–H groups in total. The largest absolute Gasteiger partial charge is 0.489 e. The highest BCUT2D eigenvalue weighted by Crippen LogP contribution is 2.32. The Morgan fingerprint density at radius 3 is 2.60 bits per heavy atom. The molecule has 186 valence electrons. The molecule has 2 aromatic carbocycles. The lowest BCUT2D eigenvalue weighted by molar-refractivity contribution is -0.137. The van der Waals surface area contributed by atoms with E-state index in [1.807, 2.05) is 49.9 Å². The number of benzene rings is 2. The Morgan fingerprint density at radius 2 is 1.94 bits per heavy atom. The van der Waals surface area contributed by atoms with E-state index in [0.717, 1.165) is 23.3 Å². The van der Waals surface area contributed by atoms with E-state index in [9.17, 15) is 18.0 Å². The molecule has 2 heterocycles. The van der Waals surface area contributed by atoms with Crippen molar-refractivity contribution in [3.05, 3.63) is 66.1 Å². The lowest BCUT2D eigenvalue weighted by Gasteiger charge is -2.35. The molecule has 35 heavy (non-hydrogen) atoms. The summed E-state index contributed by atoms with van der Waals surface area (Å²) in [4.78, 5) is 19.2. The number of amides is 1. The van der Waals surface area contributed by atoms with Crippen LogP contribution >= 0.6 is 0 Å². The molecule has 2 atom stereocenters. The van der Waals surface area contributed by atoms with Crippen molar-refractivity contribution in [2.45, 2.75) is 51.1 Å². The van der Waals surface area contributed by atoms with E-state index in [0.29, 0.717) is 25.3 Å². The Balaban J connectivity index is 1.35. The van der Waals surface area contributed by atoms with Crippen molar-refractivity contribution in [1.82, 2.24) is 20.4 Å². The maximum atomic E-state index is 13.2. The fourth-order valence-electron chi connectivity index (χ4n) is 4.09. The molecule has 3 aromatic rings. The van der Waals surface area contributed by atoms with E-state index in [-0.39, 0.29) is 23.8 Å². The number of carbonyl (C=O) groups excluding carboxylic acids is 1. The van der Waals surface area contributed by atoms with E-state index in [1.54, 1.807) is 0 Å². The molecule has 1 aliphatic heterocycles. The van der Waals surface area contributed by atoms with Gasteiger partial charge in [0.05, 0.1) is 17.1 Å². The maximum Gasteiger partial charge on any atom is 0.416 e. The van der Waals surface area contributed by atoms with Crippen LogP contribution in [0.5, 0.6) is 5.75 Å². The highest BCUT2D eigenvalue weighted by atomic mass is 19.4. The van der Waals surface area contributed by atoms with Gasteiger partial charge in [-0.05, 0) is 51.0 Å². The molecule has 4 rings (SSSR count). The Labute approximate surface area is 201 Å². The van der Waals surface area contributed by atoms with Gasteiger partial charge in [-0.25, -0.2) is 0 Å². The lowest BCUT2D eigenvalue weighted by atomic mass is 10.00. The van der Waals surface area contributed by atoms with Crippen LogP contribution < -0.4 is 10.1 Å². The number of rotatable bonds is 7. The molecule has 0 saturated carbocycles. The number of hydrogen-bond acceptors (Lipinski definition) is 6. The fraction of sp³-hybridized carbons (Fsp3) is 0.400. The van der Waals surface area contributed by atoms with Crippen molar-refractivity contribution < 1.29 is 27.2 Å². The summed E-state index contributed by atoms with van der Waals surface area (Å²) in [6.07, 6.45) is -2.85. The lowest BCUT2D eigenvalue weighted by Crippen LogP contribution is -2.54. The van der Waals surface area contributed by atoms with Gasteiger partial charge in [0.1, 0.15) is 11.9 Å². The van der Waals surface area contributed by atoms with Gasteiger partial charge in [-0.15, -0.1) is 0 Å². The number of ether oxygens (including phenoxy) is 1. The molecule has 1 saturated heterocycles. The van der Waals surface area contributed by atoms with E-state index in [2.05, 4.69) is 15.5 Å². The molecule has 0 radical (unpaired) electrons. The average molecular weight is 489 g/mol. The van der Waals surface area contributed by atoms with Crippen LogP contribution in [0.25, 0.3) is 11.4 Å². The predicted octanol–water partition coefficient (Wildman–Crippen LogP) is 4.86. The van der Waals surface area contributed by atoms with Gasteiger partial charge in [0, 0.05) is 18.7 Å². The molecular weight excluding hydrogens is 461 g/mol. The summed E-state index contributed by atoms with van der Waals surface area (Å²) in [6.45, 7) is 6.60. The molecule has 1 aromatic heterocycles. The number of carbonyl (C=O) groups is 1. The van der Waals surface area contributed by atoms with Gasteiger partial charge in [-0.3, -0.25) is 9.69 Å². The number of halogens is 3. The zero-order chi connectivity index (χ0) is 25.2. The molecule has 0 aliphatic carbocycles. The summed E-state index contributed by atoms with van der Waals surface area (Å²) in [5, 5.41) is 6.87. The molecule has 0 bridgehead atoms. The van der Waals surface area contributed by atoms with Gasteiger partial charge in [0.25, 0.3) is 0 Å². The van der Waals surface area contributed by atoms with Crippen LogP contribution in [0.15, 0.2) is 59.4 Å². The average Bonchev–Trinajstić information content (AvgIpc) is 3.52. The smallest absolute Gasteiger partial charge is 0.416 e. The summed E-state index contributed by atoms with van der Waals surface area (Å²) in [5.74, 6) is 0.518. The standard InChI is InChI=1S/C25H27F3N4O3/c1-16(17-7-9-18(10-8-17)22-29-15-34-31-22)30-23(33)24(2,3)32-12-11-21(14-32)35-20-6-4-5-19(13-20)25(26,27)28/h4-10,13,15-16,21H,11-12,14H2,1-3H3,(H,30,33)/t16-,21?/m0/s1. The summed E-state index contributed by atoms with van der Waals surface area (Å²) >= 11 is 0. The third-order valence-electron chi connectivity index (χ3n) is 6.33. The Morgan fingerprint density at radius 1 is 1.20 bits per heavy atom. The highest BCUT2D eigenvalue weighted by Gasteiger charge is 2.40. The molecule has 1 fully saturated rings. The Kier molecular flexibility index (Phi) is 6.84. The third kappa shape index (κ3) is 5.64. The van der Waals surface area contributed by atoms with Crippen LogP contribution in [0, 0.1) is 0 Å². The molecule has 7 nitrogen and oxygen atoms in total. The quantitative estimate of drug-likeness (QED) is 0.512. The molecular formula is C25H27F3N4O3. The number of hydrogen-bond donors (Lipinski definition) is 1. The van der Waals surface area contributed by atoms with Crippen molar-refractivity contribution in [2.75, 3.05) is 13.1 Å². The summed E-state index contributed by atoms with van der Waals surface area (Å²) in [6, 6.07) is 12.2. The zero-order valence-electron chi connectivity index (χ0n) is 19.7. The van der Waals surface area contributed by atoms with E-state index < -0.39 is 17.3 Å². The van der Waals surface area contributed by atoms with Gasteiger partial charge >= 0.3 is 6.18 Å². The molecule has 1 amide bonds. The van der Waals surface area contributed by atoms with Crippen LogP contribution in [0.4, 0.5) is 13.2 Å². The fourth-order valence-corrected chi connectivity index (χ4v) is 4.09. The van der Waals surface area contributed by atoms with Crippen LogP contribution in [0.1, 0.15) is 44.4 Å². The minimum absolute atomic E-state index is 0.146. The number of nitrogens with zero attached hydrogens (tertiary/aromatic N) is 3. The van der Waals surface area contributed by atoms with Gasteiger partial charge in [-0.1, -0.05) is 35.5 Å². The van der Waals surface area contributed by atoms with Gasteiger partial charge in [-0.2, -0.15) is 18.2 Å². The van der Waals surface area contributed by atoms with Crippen LogP contribution in [0.3, 0.4) is 0 Å². The third-order valence-corrected chi connectivity index (χ3v) is 6.33. The summed E-state index contributed by atoms with van der Waals surface area (Å²) in [7, 11) is 0. The number of alkyl halides is 3. The first-order valence-electron chi connectivity index (χ1n) is 11.3. The zero-order valence-corrected chi connectivity index (χ0v) is 19.7. The predicted molar refractivity (Wildman–Crippen MR) is 122 cm³/mol. The molecule has 10 heteroatoms. The summed E-state index contributed by atoms with van der Waals surface area (Å²) in [5.41, 5.74) is 0.160. The minimum atomic E-state index is -4.43. The number of aromatic nitrogens is 2. The van der Waals surface area contributed by atoms with Crippen molar-refractivity contribution >= 4 is 5.91 Å². The van der Waals surface area contributed by atoms with Gasteiger partial charge in [0.2, 0.25) is 18.1 Å². The van der Waals surface area contributed by atoms with Gasteiger partial charge < -0.3 is 14.6 Å².